The molecule has 3 unspecified atom stereocenters. The summed E-state index contributed by atoms with van der Waals surface area (Å²) < 4.78 is 0. The third kappa shape index (κ3) is 1.70. The Morgan fingerprint density at radius 3 is 2.61 bits per heavy atom. The fourth-order valence-electron chi connectivity index (χ4n) is 4.19. The van der Waals surface area contributed by atoms with Gasteiger partial charge in [-0.3, -0.25) is 4.90 Å². The summed E-state index contributed by atoms with van der Waals surface area (Å²) in [5.74, 6) is 1.97. The summed E-state index contributed by atoms with van der Waals surface area (Å²) in [5, 5.41) is 9.48. The molecular formula is C16H23NO. The van der Waals surface area contributed by atoms with Gasteiger partial charge in [-0.25, -0.2) is 0 Å². The minimum atomic E-state index is 0.377. The summed E-state index contributed by atoms with van der Waals surface area (Å²) in [6.45, 7) is 8.39. The average Bonchev–Trinajstić information content (AvgIpc) is 2.81. The van der Waals surface area contributed by atoms with Crippen LogP contribution in [0.25, 0.3) is 0 Å². The molecule has 0 amide bonds. The molecule has 0 bridgehead atoms. The van der Waals surface area contributed by atoms with Gasteiger partial charge in [0.15, 0.2) is 0 Å². The molecule has 1 saturated carbocycles. The summed E-state index contributed by atoms with van der Waals surface area (Å²) in [5.41, 5.74) is 1.81. The number of aliphatic hydroxyl groups is 1. The van der Waals surface area contributed by atoms with Gasteiger partial charge in [-0.05, 0) is 28.7 Å². The molecule has 1 aliphatic heterocycles. The Morgan fingerprint density at radius 2 is 2.06 bits per heavy atom. The lowest BCUT2D eigenvalue weighted by atomic mass is 9.89. The molecule has 3 atom stereocenters. The second kappa shape index (κ2) is 4.36. The highest BCUT2D eigenvalue weighted by Crippen LogP contribution is 2.66. The molecule has 3 rings (SSSR count). The zero-order chi connectivity index (χ0) is 12.8. The molecule has 2 heteroatoms. The largest absolute Gasteiger partial charge is 0.396 e. The van der Waals surface area contributed by atoms with Crippen molar-refractivity contribution in [3.63, 3.8) is 0 Å². The summed E-state index contributed by atoms with van der Waals surface area (Å²) in [6, 6.07) is 10.7. The molecule has 2 fully saturated rings. The Labute approximate surface area is 110 Å². The van der Waals surface area contributed by atoms with E-state index < -0.39 is 0 Å². The van der Waals surface area contributed by atoms with Gasteiger partial charge in [-0.1, -0.05) is 44.2 Å². The van der Waals surface area contributed by atoms with Gasteiger partial charge in [0.25, 0.3) is 0 Å². The molecule has 1 aromatic carbocycles. The van der Waals surface area contributed by atoms with Gasteiger partial charge in [0, 0.05) is 26.2 Å². The maximum Gasteiger partial charge on any atom is 0.0468 e. The smallest absolute Gasteiger partial charge is 0.0468 e. The standard InChI is InChI=1S/C16H23NO/c1-12(2)16-11-17(9-14(16)15(16)10-18)8-13-6-4-3-5-7-13/h3-7,12,14-15,18H,8-11H2,1-2H3. The second-order valence-electron chi connectivity index (χ2n) is 6.32. The molecule has 1 heterocycles. The Kier molecular flexibility index (Phi) is 2.95. The van der Waals surface area contributed by atoms with Crippen LogP contribution in [0.15, 0.2) is 30.3 Å². The van der Waals surface area contributed by atoms with Crippen molar-refractivity contribution < 1.29 is 5.11 Å². The Bertz CT molecular complexity index is 416. The molecule has 0 radical (unpaired) electrons. The Hall–Kier alpha value is -0.860. The van der Waals surface area contributed by atoms with Crippen molar-refractivity contribution in [3.8, 4) is 0 Å². The van der Waals surface area contributed by atoms with Gasteiger partial charge in [-0.15, -0.1) is 0 Å². The van der Waals surface area contributed by atoms with Crippen molar-refractivity contribution >= 4 is 0 Å². The maximum absolute atomic E-state index is 9.48. The summed E-state index contributed by atoms with van der Waals surface area (Å²) in [6.07, 6.45) is 0. The summed E-state index contributed by atoms with van der Waals surface area (Å²) >= 11 is 0. The Morgan fingerprint density at radius 1 is 1.33 bits per heavy atom. The van der Waals surface area contributed by atoms with Gasteiger partial charge in [-0.2, -0.15) is 0 Å². The van der Waals surface area contributed by atoms with Crippen molar-refractivity contribution in [2.75, 3.05) is 19.7 Å². The zero-order valence-corrected chi connectivity index (χ0v) is 11.3. The fraction of sp³-hybridized carbons (Fsp3) is 0.625. The SMILES string of the molecule is CC(C)C12CN(Cc3ccccc3)CC1C2CO. The highest BCUT2D eigenvalue weighted by Gasteiger charge is 2.69. The molecule has 1 saturated heterocycles. The van der Waals surface area contributed by atoms with Gasteiger partial charge < -0.3 is 5.11 Å². The van der Waals surface area contributed by atoms with Crippen LogP contribution in [-0.4, -0.2) is 29.7 Å². The first-order valence-corrected chi connectivity index (χ1v) is 7.05. The van der Waals surface area contributed by atoms with Gasteiger partial charge in [0.2, 0.25) is 0 Å². The molecule has 0 aromatic heterocycles. The van der Waals surface area contributed by atoms with E-state index in [9.17, 15) is 5.11 Å². The predicted octanol–water partition coefficient (Wildman–Crippen LogP) is 2.38. The first-order chi connectivity index (χ1) is 8.68. The molecule has 98 valence electrons. The molecule has 0 spiro atoms. The van der Waals surface area contributed by atoms with Gasteiger partial charge in [0.05, 0.1) is 0 Å². The molecular weight excluding hydrogens is 222 g/mol. The maximum atomic E-state index is 9.48. The van der Waals surface area contributed by atoms with Crippen LogP contribution in [-0.2, 0) is 6.54 Å². The van der Waals surface area contributed by atoms with E-state index in [0.717, 1.165) is 25.6 Å². The van der Waals surface area contributed by atoms with E-state index in [4.69, 9.17) is 0 Å². The molecule has 1 N–H and O–H groups in total. The van der Waals surface area contributed by atoms with Crippen molar-refractivity contribution in [2.45, 2.75) is 20.4 Å². The first kappa shape index (κ1) is 12.2. The van der Waals surface area contributed by atoms with Crippen molar-refractivity contribution in [3.05, 3.63) is 35.9 Å². The van der Waals surface area contributed by atoms with Gasteiger partial charge >= 0.3 is 0 Å². The van der Waals surface area contributed by atoms with E-state index in [2.05, 4.69) is 49.1 Å². The van der Waals surface area contributed by atoms with Crippen LogP contribution in [0.4, 0.5) is 0 Å². The summed E-state index contributed by atoms with van der Waals surface area (Å²) in [4.78, 5) is 2.56. The Balaban J connectivity index is 1.67. The number of benzene rings is 1. The third-order valence-electron chi connectivity index (χ3n) is 5.23. The fourth-order valence-corrected chi connectivity index (χ4v) is 4.19. The van der Waals surface area contributed by atoms with E-state index >= 15 is 0 Å². The van der Waals surface area contributed by atoms with Crippen LogP contribution in [0.3, 0.4) is 0 Å². The molecule has 1 aromatic rings. The lowest BCUT2D eigenvalue weighted by Crippen LogP contribution is -2.30. The van der Waals surface area contributed by atoms with E-state index in [1.54, 1.807) is 0 Å². The molecule has 2 nitrogen and oxygen atoms in total. The number of likely N-dealkylation sites (tertiary alicyclic amines) is 1. The summed E-state index contributed by atoms with van der Waals surface area (Å²) in [7, 11) is 0. The second-order valence-corrected chi connectivity index (χ2v) is 6.32. The van der Waals surface area contributed by atoms with Crippen LogP contribution >= 0.6 is 0 Å². The first-order valence-electron chi connectivity index (χ1n) is 7.05. The van der Waals surface area contributed by atoms with E-state index in [-0.39, 0.29) is 0 Å². The van der Waals surface area contributed by atoms with Crippen LogP contribution in [0, 0.1) is 23.2 Å². The minimum absolute atomic E-state index is 0.377. The van der Waals surface area contributed by atoms with Crippen LogP contribution in [0.5, 0.6) is 0 Å². The number of nitrogens with zero attached hydrogens (tertiary/aromatic N) is 1. The van der Waals surface area contributed by atoms with Crippen LogP contribution in [0.2, 0.25) is 0 Å². The van der Waals surface area contributed by atoms with E-state index in [0.29, 0.717) is 23.9 Å². The van der Waals surface area contributed by atoms with Crippen molar-refractivity contribution in [1.82, 2.24) is 4.90 Å². The third-order valence-corrected chi connectivity index (χ3v) is 5.23. The van der Waals surface area contributed by atoms with Crippen molar-refractivity contribution in [1.29, 1.82) is 0 Å². The quantitative estimate of drug-likeness (QED) is 0.880. The average molecular weight is 245 g/mol. The number of hydrogen-bond acceptors (Lipinski definition) is 2. The molecule has 1 aliphatic carbocycles. The minimum Gasteiger partial charge on any atom is -0.396 e. The zero-order valence-electron chi connectivity index (χ0n) is 11.3. The number of piperidine rings is 1. The van der Waals surface area contributed by atoms with Gasteiger partial charge in [0.1, 0.15) is 0 Å². The number of aliphatic hydroxyl groups excluding tert-OH is 1. The number of fused-ring (bicyclic) bond motifs is 1. The monoisotopic (exact) mass is 245 g/mol. The highest BCUT2D eigenvalue weighted by atomic mass is 16.3. The van der Waals surface area contributed by atoms with Crippen molar-refractivity contribution in [2.24, 2.45) is 23.2 Å². The molecule has 2 aliphatic rings. The van der Waals surface area contributed by atoms with Crippen LogP contribution < -0.4 is 0 Å². The lowest BCUT2D eigenvalue weighted by Gasteiger charge is -2.25. The number of rotatable bonds is 4. The van der Waals surface area contributed by atoms with E-state index in [1.165, 1.54) is 5.56 Å². The lowest BCUT2D eigenvalue weighted by molar-refractivity contribution is 0.169. The number of hydrogen-bond donors (Lipinski definition) is 1. The highest BCUT2D eigenvalue weighted by molar-refractivity contribution is 5.20. The van der Waals surface area contributed by atoms with E-state index in [1.807, 2.05) is 0 Å². The predicted molar refractivity (Wildman–Crippen MR) is 73.1 cm³/mol. The van der Waals surface area contributed by atoms with Crippen LogP contribution in [0.1, 0.15) is 19.4 Å². The topological polar surface area (TPSA) is 23.5 Å². The normalized spacial score (nSPS) is 34.9. The molecule has 18 heavy (non-hydrogen) atoms.